The molecule has 2 saturated carbocycles. The van der Waals surface area contributed by atoms with E-state index < -0.39 is 0 Å². The highest BCUT2D eigenvalue weighted by molar-refractivity contribution is 5.76. The van der Waals surface area contributed by atoms with Gasteiger partial charge >= 0.3 is 0 Å². The van der Waals surface area contributed by atoms with Crippen LogP contribution < -0.4 is 11.1 Å². The fourth-order valence-electron chi connectivity index (χ4n) is 2.47. The third-order valence-corrected chi connectivity index (χ3v) is 4.22. The number of ether oxygens (including phenoxy) is 1. The summed E-state index contributed by atoms with van der Waals surface area (Å²) in [4.78, 5) is 11.8. The van der Waals surface area contributed by atoms with E-state index in [9.17, 15) is 4.79 Å². The predicted octanol–water partition coefficient (Wildman–Crippen LogP) is 1.44. The molecule has 0 aromatic carbocycles. The summed E-state index contributed by atoms with van der Waals surface area (Å²) in [7, 11) is 0. The van der Waals surface area contributed by atoms with Gasteiger partial charge in [-0.2, -0.15) is 0 Å². The van der Waals surface area contributed by atoms with Gasteiger partial charge in [-0.15, -0.1) is 0 Å². The molecule has 0 aromatic rings. The van der Waals surface area contributed by atoms with Crippen molar-refractivity contribution >= 4 is 5.91 Å². The van der Waals surface area contributed by atoms with Crippen LogP contribution in [0.3, 0.4) is 0 Å². The lowest BCUT2D eigenvalue weighted by atomic mass is 9.66. The van der Waals surface area contributed by atoms with Gasteiger partial charge in [0.1, 0.15) is 0 Å². The monoisotopic (exact) mass is 254 g/mol. The van der Waals surface area contributed by atoms with Crippen molar-refractivity contribution in [2.45, 2.75) is 44.9 Å². The van der Waals surface area contributed by atoms with Crippen molar-refractivity contribution in [2.75, 3.05) is 26.3 Å². The molecule has 0 heterocycles. The SMILES string of the molecule is NCC1(CC(=O)NCCCOCC2CC2)CCC1. The standard InChI is InChI=1S/C14H26N2O2/c15-11-14(5-1-6-14)9-13(17)16-7-2-8-18-10-12-3-4-12/h12H,1-11,15H2,(H,16,17). The molecule has 3 N–H and O–H groups in total. The van der Waals surface area contributed by atoms with E-state index in [4.69, 9.17) is 10.5 Å². The predicted molar refractivity (Wildman–Crippen MR) is 71.1 cm³/mol. The Kier molecular flexibility index (Phi) is 5.01. The van der Waals surface area contributed by atoms with E-state index in [-0.39, 0.29) is 11.3 Å². The minimum atomic E-state index is 0.118. The first-order valence-corrected chi connectivity index (χ1v) is 7.29. The molecule has 2 aliphatic rings. The maximum atomic E-state index is 11.8. The van der Waals surface area contributed by atoms with Crippen LogP contribution in [0.1, 0.15) is 44.9 Å². The zero-order valence-corrected chi connectivity index (χ0v) is 11.2. The lowest BCUT2D eigenvalue weighted by Crippen LogP contribution is -2.42. The van der Waals surface area contributed by atoms with Crippen LogP contribution in [-0.2, 0) is 9.53 Å². The Morgan fingerprint density at radius 1 is 1.39 bits per heavy atom. The Hall–Kier alpha value is -0.610. The second-order valence-electron chi connectivity index (χ2n) is 5.96. The second-order valence-corrected chi connectivity index (χ2v) is 5.96. The first-order valence-electron chi connectivity index (χ1n) is 7.29. The molecule has 0 spiro atoms. The lowest BCUT2D eigenvalue weighted by Gasteiger charge is -2.40. The van der Waals surface area contributed by atoms with Crippen molar-refractivity contribution in [2.24, 2.45) is 17.1 Å². The largest absolute Gasteiger partial charge is 0.381 e. The van der Waals surface area contributed by atoms with Crippen molar-refractivity contribution in [1.82, 2.24) is 5.32 Å². The smallest absolute Gasteiger partial charge is 0.220 e. The first-order chi connectivity index (χ1) is 8.74. The highest BCUT2D eigenvalue weighted by Gasteiger charge is 2.37. The molecule has 0 atom stereocenters. The lowest BCUT2D eigenvalue weighted by molar-refractivity contribution is -0.124. The minimum Gasteiger partial charge on any atom is -0.381 e. The van der Waals surface area contributed by atoms with Crippen molar-refractivity contribution in [3.8, 4) is 0 Å². The number of hydrogen-bond acceptors (Lipinski definition) is 3. The van der Waals surface area contributed by atoms with Gasteiger partial charge in [0.05, 0.1) is 0 Å². The summed E-state index contributed by atoms with van der Waals surface area (Å²) in [6, 6.07) is 0. The molecule has 2 rings (SSSR count). The number of nitrogens with two attached hydrogens (primary N) is 1. The molecule has 4 heteroatoms. The zero-order chi connectivity index (χ0) is 12.8. The Labute approximate surface area is 110 Å². The molecule has 0 aromatic heterocycles. The Morgan fingerprint density at radius 3 is 2.72 bits per heavy atom. The fourth-order valence-corrected chi connectivity index (χ4v) is 2.47. The summed E-state index contributed by atoms with van der Waals surface area (Å²) >= 11 is 0. The van der Waals surface area contributed by atoms with E-state index in [2.05, 4.69) is 5.32 Å². The molecule has 1 amide bonds. The van der Waals surface area contributed by atoms with E-state index in [1.165, 1.54) is 19.3 Å². The number of amides is 1. The van der Waals surface area contributed by atoms with Gasteiger partial charge < -0.3 is 15.8 Å². The average molecular weight is 254 g/mol. The highest BCUT2D eigenvalue weighted by atomic mass is 16.5. The Bertz CT molecular complexity index is 267. The van der Waals surface area contributed by atoms with Crippen LogP contribution in [0, 0.1) is 11.3 Å². The molecule has 104 valence electrons. The highest BCUT2D eigenvalue weighted by Crippen LogP contribution is 2.42. The van der Waals surface area contributed by atoms with Gasteiger partial charge in [-0.1, -0.05) is 6.42 Å². The number of carbonyl (C=O) groups excluding carboxylic acids is 1. The summed E-state index contributed by atoms with van der Waals surface area (Å²) in [5, 5.41) is 2.97. The van der Waals surface area contributed by atoms with Crippen LogP contribution in [0.25, 0.3) is 0 Å². The van der Waals surface area contributed by atoms with Gasteiger partial charge in [-0.3, -0.25) is 4.79 Å². The van der Waals surface area contributed by atoms with Crippen LogP contribution in [0.4, 0.5) is 0 Å². The number of nitrogens with one attached hydrogen (secondary N) is 1. The molecule has 0 radical (unpaired) electrons. The van der Waals surface area contributed by atoms with E-state index in [0.717, 1.165) is 44.9 Å². The number of rotatable bonds is 9. The van der Waals surface area contributed by atoms with Gasteiger partial charge in [0.15, 0.2) is 0 Å². The summed E-state index contributed by atoms with van der Waals surface area (Å²) < 4.78 is 5.52. The molecule has 18 heavy (non-hydrogen) atoms. The van der Waals surface area contributed by atoms with Crippen LogP contribution in [0.2, 0.25) is 0 Å². The second kappa shape index (κ2) is 6.53. The first kappa shape index (κ1) is 13.8. The molecular weight excluding hydrogens is 228 g/mol. The molecule has 0 saturated heterocycles. The number of carbonyl (C=O) groups is 1. The summed E-state index contributed by atoms with van der Waals surface area (Å²) in [5.74, 6) is 0.977. The third-order valence-electron chi connectivity index (χ3n) is 4.22. The Balaban J connectivity index is 1.46. The van der Waals surface area contributed by atoms with Gasteiger partial charge in [-0.25, -0.2) is 0 Å². The zero-order valence-electron chi connectivity index (χ0n) is 11.2. The normalized spacial score (nSPS) is 21.4. The fraction of sp³-hybridized carbons (Fsp3) is 0.929. The summed E-state index contributed by atoms with van der Waals surface area (Å²) in [5.41, 5.74) is 5.86. The van der Waals surface area contributed by atoms with Gasteiger partial charge in [0.25, 0.3) is 0 Å². The topological polar surface area (TPSA) is 64.4 Å². The summed E-state index contributed by atoms with van der Waals surface area (Å²) in [6.45, 7) is 3.04. The Morgan fingerprint density at radius 2 is 2.17 bits per heavy atom. The van der Waals surface area contributed by atoms with Crippen molar-refractivity contribution in [3.63, 3.8) is 0 Å². The number of hydrogen-bond donors (Lipinski definition) is 2. The maximum absolute atomic E-state index is 11.8. The van der Waals surface area contributed by atoms with E-state index in [0.29, 0.717) is 13.0 Å². The molecule has 0 unspecified atom stereocenters. The average Bonchev–Trinajstić information content (AvgIpc) is 3.12. The third kappa shape index (κ3) is 4.25. The van der Waals surface area contributed by atoms with Crippen LogP contribution >= 0.6 is 0 Å². The summed E-state index contributed by atoms with van der Waals surface area (Å²) in [6.07, 6.45) is 7.62. The minimum absolute atomic E-state index is 0.118. The molecule has 0 bridgehead atoms. The molecule has 0 aliphatic heterocycles. The van der Waals surface area contributed by atoms with Crippen molar-refractivity contribution in [1.29, 1.82) is 0 Å². The van der Waals surface area contributed by atoms with Gasteiger partial charge in [0.2, 0.25) is 5.91 Å². The van der Waals surface area contributed by atoms with Crippen LogP contribution in [0.5, 0.6) is 0 Å². The van der Waals surface area contributed by atoms with E-state index in [1.54, 1.807) is 0 Å². The molecule has 2 aliphatic carbocycles. The van der Waals surface area contributed by atoms with Crippen molar-refractivity contribution < 1.29 is 9.53 Å². The van der Waals surface area contributed by atoms with E-state index in [1.807, 2.05) is 0 Å². The molecule has 4 nitrogen and oxygen atoms in total. The van der Waals surface area contributed by atoms with E-state index >= 15 is 0 Å². The van der Waals surface area contributed by atoms with Crippen LogP contribution in [0.15, 0.2) is 0 Å². The van der Waals surface area contributed by atoms with Crippen LogP contribution in [-0.4, -0.2) is 32.2 Å². The van der Waals surface area contributed by atoms with Gasteiger partial charge in [0, 0.05) is 26.2 Å². The molecular formula is C14H26N2O2. The van der Waals surface area contributed by atoms with Gasteiger partial charge in [-0.05, 0) is 50.0 Å². The maximum Gasteiger partial charge on any atom is 0.220 e. The van der Waals surface area contributed by atoms with Crippen molar-refractivity contribution in [3.05, 3.63) is 0 Å². The quantitative estimate of drug-likeness (QED) is 0.612. The molecule has 2 fully saturated rings.